The van der Waals surface area contributed by atoms with Crippen LogP contribution in [0.4, 0.5) is 22.1 Å². The van der Waals surface area contributed by atoms with Crippen LogP contribution in [0.25, 0.3) is 10.9 Å². The normalized spacial score (nSPS) is 15.0. The molecule has 1 saturated heterocycles. The quantitative estimate of drug-likeness (QED) is 0.327. The zero-order chi connectivity index (χ0) is 26.6. The van der Waals surface area contributed by atoms with Crippen LogP contribution in [0.1, 0.15) is 24.5 Å². The molecule has 0 unspecified atom stereocenters. The van der Waals surface area contributed by atoms with Gasteiger partial charge in [-0.3, -0.25) is 4.90 Å². The molecule has 1 fully saturated rings. The first-order valence-electron chi connectivity index (χ1n) is 12.5. The van der Waals surface area contributed by atoms with Crippen molar-refractivity contribution in [3.05, 3.63) is 78.0 Å². The predicted octanol–water partition coefficient (Wildman–Crippen LogP) is 5.17. The van der Waals surface area contributed by atoms with E-state index in [0.29, 0.717) is 25.2 Å². The zero-order valence-corrected chi connectivity index (χ0v) is 21.8. The summed E-state index contributed by atoms with van der Waals surface area (Å²) in [5.74, 6) is 1.77. The largest absolute Gasteiger partial charge is 0.497 e. The molecule has 1 aliphatic heterocycles. The maximum atomic E-state index is 12.7. The predicted molar refractivity (Wildman–Crippen MR) is 148 cm³/mol. The number of nitrogens with two attached hydrogens (primary N) is 1. The van der Waals surface area contributed by atoms with Crippen molar-refractivity contribution in [1.29, 1.82) is 0 Å². The minimum atomic E-state index is -0.360. The highest BCUT2D eigenvalue weighted by Gasteiger charge is 2.34. The molecule has 0 bridgehead atoms. The van der Waals surface area contributed by atoms with Crippen LogP contribution in [0, 0.1) is 0 Å². The highest BCUT2D eigenvalue weighted by atomic mass is 16.6. The van der Waals surface area contributed by atoms with Gasteiger partial charge in [-0.15, -0.1) is 0 Å². The summed E-state index contributed by atoms with van der Waals surface area (Å²) in [6.45, 7) is 3.60. The lowest BCUT2D eigenvalue weighted by Gasteiger charge is -2.29. The minimum absolute atomic E-state index is 0.0522. The molecular weight excluding hydrogens is 482 g/mol. The van der Waals surface area contributed by atoms with Crippen molar-refractivity contribution in [2.24, 2.45) is 0 Å². The van der Waals surface area contributed by atoms with Crippen molar-refractivity contribution >= 4 is 34.3 Å². The third-order valence-corrected chi connectivity index (χ3v) is 6.80. The fraction of sp³-hybridized carbons (Fsp3) is 0.276. The van der Waals surface area contributed by atoms with Gasteiger partial charge in [0.2, 0.25) is 5.95 Å². The van der Waals surface area contributed by atoms with E-state index in [0.717, 1.165) is 45.8 Å². The molecule has 9 nitrogen and oxygen atoms in total. The molecule has 0 aliphatic carbocycles. The lowest BCUT2D eigenvalue weighted by molar-refractivity contribution is 0.178. The van der Waals surface area contributed by atoms with E-state index in [1.165, 1.54) is 0 Å². The summed E-state index contributed by atoms with van der Waals surface area (Å²) in [7, 11) is 3.31. The molecule has 1 aliphatic rings. The van der Waals surface area contributed by atoms with E-state index in [1.54, 1.807) is 25.3 Å². The van der Waals surface area contributed by atoms with Crippen LogP contribution < -0.4 is 25.0 Å². The number of hydrogen-bond donors (Lipinski definition) is 1. The molecule has 1 aromatic heterocycles. The lowest BCUT2D eigenvalue weighted by atomic mass is 10.1. The summed E-state index contributed by atoms with van der Waals surface area (Å²) in [6, 6.07) is 19.8. The minimum Gasteiger partial charge on any atom is -0.497 e. The van der Waals surface area contributed by atoms with Crippen LogP contribution >= 0.6 is 0 Å². The number of fused-ring (bicyclic) bond motifs is 1. The fourth-order valence-corrected chi connectivity index (χ4v) is 4.72. The SMILES string of the molecule is CC[C@H]1COC(=O)N1c1cc(N(Cc2ccc(OC)cc2)Cc2ccc(OC)cc2)c2cnc(N)nc2c1. The van der Waals surface area contributed by atoms with Crippen LogP contribution in [0.5, 0.6) is 11.5 Å². The average Bonchev–Trinajstić information content (AvgIpc) is 3.33. The van der Waals surface area contributed by atoms with Crippen LogP contribution in [0.3, 0.4) is 0 Å². The smallest absolute Gasteiger partial charge is 0.414 e. The molecule has 4 aromatic rings. The topological polar surface area (TPSA) is 103 Å². The van der Waals surface area contributed by atoms with E-state index in [2.05, 4.69) is 14.9 Å². The van der Waals surface area contributed by atoms with E-state index < -0.39 is 0 Å². The maximum absolute atomic E-state index is 12.7. The van der Waals surface area contributed by atoms with Gasteiger partial charge in [0.1, 0.15) is 18.1 Å². The summed E-state index contributed by atoms with van der Waals surface area (Å²) in [5, 5.41) is 0.839. The van der Waals surface area contributed by atoms with Gasteiger partial charge in [0.25, 0.3) is 0 Å². The molecule has 0 saturated carbocycles. The number of nitrogens with zero attached hydrogens (tertiary/aromatic N) is 4. The molecular formula is C29H31N5O4. The molecule has 0 radical (unpaired) electrons. The number of anilines is 3. The Morgan fingerprint density at radius 1 is 1.00 bits per heavy atom. The zero-order valence-electron chi connectivity index (χ0n) is 21.8. The average molecular weight is 514 g/mol. The Balaban J connectivity index is 1.63. The first-order chi connectivity index (χ1) is 18.5. The summed E-state index contributed by atoms with van der Waals surface area (Å²) in [5.41, 5.74) is 10.4. The second-order valence-corrected chi connectivity index (χ2v) is 9.19. The highest BCUT2D eigenvalue weighted by Crippen LogP contribution is 2.36. The van der Waals surface area contributed by atoms with E-state index in [4.69, 9.17) is 19.9 Å². The summed E-state index contributed by atoms with van der Waals surface area (Å²) < 4.78 is 16.1. The monoisotopic (exact) mass is 513 g/mol. The lowest BCUT2D eigenvalue weighted by Crippen LogP contribution is -2.33. The standard InChI is InChI=1S/C29H31N5O4/c1-4-21-18-38-29(35)34(21)22-13-26-25(15-31-28(30)32-26)27(14-22)33(16-19-5-9-23(36-2)10-6-19)17-20-7-11-24(37-3)12-8-20/h5-15,21H,4,16-18H2,1-3H3,(H2,30,31,32)/t21-/m0/s1. The molecule has 2 heterocycles. The number of benzene rings is 3. The molecule has 5 rings (SSSR count). The Morgan fingerprint density at radius 3 is 2.16 bits per heavy atom. The Kier molecular flexibility index (Phi) is 7.17. The van der Waals surface area contributed by atoms with E-state index in [-0.39, 0.29) is 18.1 Å². The number of rotatable bonds is 9. The third-order valence-electron chi connectivity index (χ3n) is 6.80. The number of hydrogen-bond acceptors (Lipinski definition) is 8. The number of nitrogen functional groups attached to an aromatic ring is 1. The van der Waals surface area contributed by atoms with E-state index in [1.807, 2.05) is 67.6 Å². The molecule has 38 heavy (non-hydrogen) atoms. The molecule has 9 heteroatoms. The second kappa shape index (κ2) is 10.8. The molecule has 196 valence electrons. The van der Waals surface area contributed by atoms with Crippen molar-refractivity contribution < 1.29 is 19.0 Å². The molecule has 3 aromatic carbocycles. The van der Waals surface area contributed by atoms with Crippen molar-refractivity contribution in [2.45, 2.75) is 32.5 Å². The maximum Gasteiger partial charge on any atom is 0.414 e. The van der Waals surface area contributed by atoms with Crippen molar-refractivity contribution in [2.75, 3.05) is 36.4 Å². The highest BCUT2D eigenvalue weighted by molar-refractivity contribution is 5.99. The van der Waals surface area contributed by atoms with Gasteiger partial charge >= 0.3 is 6.09 Å². The summed E-state index contributed by atoms with van der Waals surface area (Å²) in [4.78, 5) is 25.5. The van der Waals surface area contributed by atoms with Crippen molar-refractivity contribution in [3.8, 4) is 11.5 Å². The van der Waals surface area contributed by atoms with Crippen molar-refractivity contribution in [3.63, 3.8) is 0 Å². The van der Waals surface area contributed by atoms with Gasteiger partial charge in [0.15, 0.2) is 0 Å². The van der Waals surface area contributed by atoms with E-state index >= 15 is 0 Å². The number of ether oxygens (including phenoxy) is 3. The van der Waals surface area contributed by atoms with Crippen LogP contribution in [-0.4, -0.2) is 42.9 Å². The van der Waals surface area contributed by atoms with Gasteiger partial charge in [-0.25, -0.2) is 14.8 Å². The summed E-state index contributed by atoms with van der Waals surface area (Å²) >= 11 is 0. The van der Waals surface area contributed by atoms with Gasteiger partial charge in [-0.2, -0.15) is 0 Å². The number of cyclic esters (lactones) is 1. The summed E-state index contributed by atoms with van der Waals surface area (Å²) in [6.07, 6.45) is 2.15. The second-order valence-electron chi connectivity index (χ2n) is 9.19. The van der Waals surface area contributed by atoms with Crippen LogP contribution in [0.2, 0.25) is 0 Å². The molecule has 1 amide bonds. The molecule has 1 atom stereocenters. The number of carbonyl (C=O) groups excluding carboxylic acids is 1. The van der Waals surface area contributed by atoms with Gasteiger partial charge < -0.3 is 24.8 Å². The molecule has 0 spiro atoms. The molecule has 2 N–H and O–H groups in total. The first kappa shape index (κ1) is 25.1. The van der Waals surface area contributed by atoms with Crippen LogP contribution in [-0.2, 0) is 17.8 Å². The number of aromatic nitrogens is 2. The Labute approximate surface area is 221 Å². The Hall–Kier alpha value is -4.53. The number of amides is 1. The first-order valence-corrected chi connectivity index (χ1v) is 12.5. The van der Waals surface area contributed by atoms with E-state index in [9.17, 15) is 4.79 Å². The van der Waals surface area contributed by atoms with Crippen LogP contribution in [0.15, 0.2) is 66.9 Å². The Morgan fingerprint density at radius 2 is 1.61 bits per heavy atom. The third kappa shape index (κ3) is 5.13. The van der Waals surface area contributed by atoms with Gasteiger partial charge in [-0.1, -0.05) is 31.2 Å². The Bertz CT molecular complexity index is 1380. The van der Waals surface area contributed by atoms with Crippen molar-refractivity contribution in [1.82, 2.24) is 9.97 Å². The van der Waals surface area contributed by atoms with Gasteiger partial charge in [0, 0.05) is 24.7 Å². The number of carbonyl (C=O) groups is 1. The van der Waals surface area contributed by atoms with Gasteiger partial charge in [0.05, 0.1) is 37.2 Å². The van der Waals surface area contributed by atoms with Gasteiger partial charge in [-0.05, 0) is 53.9 Å². The number of methoxy groups -OCH3 is 2. The fourth-order valence-electron chi connectivity index (χ4n) is 4.72.